The van der Waals surface area contributed by atoms with Crippen LogP contribution >= 0.6 is 0 Å². The van der Waals surface area contributed by atoms with Gasteiger partial charge in [-0.1, -0.05) is 18.2 Å². The number of hydrogen-bond donors (Lipinski definition) is 0. The van der Waals surface area contributed by atoms with E-state index in [1.165, 1.54) is 22.2 Å². The van der Waals surface area contributed by atoms with Crippen LogP contribution in [0.1, 0.15) is 17.0 Å². The van der Waals surface area contributed by atoms with Gasteiger partial charge >= 0.3 is 0 Å². The third kappa shape index (κ3) is 1.50. The molecule has 0 fully saturated rings. The summed E-state index contributed by atoms with van der Waals surface area (Å²) in [5, 5.41) is 1.29. The summed E-state index contributed by atoms with van der Waals surface area (Å²) in [7, 11) is 2.08. The lowest BCUT2D eigenvalue weighted by Gasteiger charge is -2.24. The molecule has 0 bridgehead atoms. The topological polar surface area (TPSA) is 39.8 Å². The number of hydrogen-bond acceptors (Lipinski definition) is 2. The van der Waals surface area contributed by atoms with Gasteiger partial charge in [0.25, 0.3) is 5.56 Å². The van der Waals surface area contributed by atoms with Crippen molar-refractivity contribution < 1.29 is 0 Å². The number of aromatic nitrogens is 3. The zero-order valence-electron chi connectivity index (χ0n) is 12.5. The van der Waals surface area contributed by atoms with Crippen LogP contribution in [0.25, 0.3) is 22.3 Å². The molecule has 4 heteroatoms. The van der Waals surface area contributed by atoms with Crippen LogP contribution in [0.2, 0.25) is 0 Å². The summed E-state index contributed by atoms with van der Waals surface area (Å²) in [6, 6.07) is 8.45. The molecule has 4 nitrogen and oxygen atoms in total. The van der Waals surface area contributed by atoms with Crippen LogP contribution in [0.15, 0.2) is 29.1 Å². The molecule has 0 saturated carbocycles. The van der Waals surface area contributed by atoms with Crippen molar-refractivity contribution in [3.8, 4) is 11.4 Å². The molecule has 0 amide bonds. The van der Waals surface area contributed by atoms with Crippen molar-refractivity contribution in [3.63, 3.8) is 0 Å². The maximum Gasteiger partial charge on any atom is 0.276 e. The second-order valence-electron chi connectivity index (χ2n) is 5.74. The van der Waals surface area contributed by atoms with E-state index in [0.717, 1.165) is 30.0 Å². The van der Waals surface area contributed by atoms with Gasteiger partial charge in [-0.05, 0) is 31.9 Å². The fraction of sp³-hybridized carbons (Fsp3) is 0.294. The van der Waals surface area contributed by atoms with Gasteiger partial charge in [-0.3, -0.25) is 4.79 Å². The van der Waals surface area contributed by atoms with Gasteiger partial charge in [-0.15, -0.1) is 0 Å². The highest BCUT2D eigenvalue weighted by Gasteiger charge is 2.26. The molecule has 3 heterocycles. The fourth-order valence-electron chi connectivity index (χ4n) is 3.59. The molecular weight excluding hydrogens is 262 g/mol. The molecule has 0 saturated heterocycles. The van der Waals surface area contributed by atoms with Crippen molar-refractivity contribution in [2.24, 2.45) is 7.05 Å². The van der Waals surface area contributed by atoms with Crippen LogP contribution in [-0.4, -0.2) is 14.1 Å². The Morgan fingerprint density at radius 2 is 1.90 bits per heavy atom. The predicted octanol–water partition coefficient (Wildman–Crippen LogP) is 2.57. The fourth-order valence-corrected chi connectivity index (χ4v) is 3.59. The maximum absolute atomic E-state index is 12.1. The zero-order valence-corrected chi connectivity index (χ0v) is 12.5. The first kappa shape index (κ1) is 12.4. The molecule has 1 aliphatic heterocycles. The molecule has 106 valence electrons. The summed E-state index contributed by atoms with van der Waals surface area (Å²) >= 11 is 0. The molecule has 21 heavy (non-hydrogen) atoms. The Kier molecular flexibility index (Phi) is 2.40. The summed E-state index contributed by atoms with van der Waals surface area (Å²) in [4.78, 5) is 16.3. The lowest BCUT2D eigenvalue weighted by molar-refractivity contribution is 0.630. The standard InChI is InChI=1S/C17H17N3O/c1-10-15-16-13(8-9-20(15)11(2)18-17(10)21)12-6-4-5-7-14(12)19(16)3/h4-7H,8-9H2,1-3H3. The van der Waals surface area contributed by atoms with Crippen LogP contribution in [0.3, 0.4) is 0 Å². The van der Waals surface area contributed by atoms with Crippen LogP contribution < -0.4 is 5.56 Å². The molecule has 0 spiro atoms. The van der Waals surface area contributed by atoms with E-state index in [1.807, 2.05) is 13.8 Å². The summed E-state index contributed by atoms with van der Waals surface area (Å²) in [6.45, 7) is 4.68. The van der Waals surface area contributed by atoms with Crippen molar-refractivity contribution in [1.82, 2.24) is 14.1 Å². The average molecular weight is 279 g/mol. The first-order valence-corrected chi connectivity index (χ1v) is 7.24. The SMILES string of the molecule is Cc1c2n(c(C)nc1=O)CCc1c-2n(C)c2ccccc12. The van der Waals surface area contributed by atoms with Crippen LogP contribution in [-0.2, 0) is 20.0 Å². The van der Waals surface area contributed by atoms with E-state index in [-0.39, 0.29) is 5.56 Å². The Morgan fingerprint density at radius 1 is 1.14 bits per heavy atom. The number of rotatable bonds is 0. The van der Waals surface area contributed by atoms with E-state index in [0.29, 0.717) is 0 Å². The molecule has 0 aliphatic carbocycles. The molecule has 3 aromatic rings. The number of para-hydroxylation sites is 1. The minimum absolute atomic E-state index is 0.114. The van der Waals surface area contributed by atoms with Gasteiger partial charge in [0.2, 0.25) is 0 Å². The number of fused-ring (bicyclic) bond motifs is 5. The molecule has 1 aliphatic rings. The van der Waals surface area contributed by atoms with Gasteiger partial charge in [0, 0.05) is 30.1 Å². The van der Waals surface area contributed by atoms with Gasteiger partial charge in [0.15, 0.2) is 0 Å². The Hall–Kier alpha value is -2.36. The van der Waals surface area contributed by atoms with E-state index >= 15 is 0 Å². The zero-order chi connectivity index (χ0) is 14.7. The van der Waals surface area contributed by atoms with Gasteiger partial charge in [-0.2, -0.15) is 4.98 Å². The number of benzene rings is 1. The summed E-state index contributed by atoms with van der Waals surface area (Å²) in [5.41, 5.74) is 5.40. The number of aryl methyl sites for hydroxylation is 3. The monoisotopic (exact) mass is 279 g/mol. The van der Waals surface area contributed by atoms with E-state index in [2.05, 4.69) is 45.4 Å². The first-order chi connectivity index (χ1) is 10.1. The molecule has 1 aromatic carbocycles. The first-order valence-electron chi connectivity index (χ1n) is 7.24. The van der Waals surface area contributed by atoms with Gasteiger partial charge < -0.3 is 9.13 Å². The molecule has 2 aromatic heterocycles. The van der Waals surface area contributed by atoms with Gasteiger partial charge in [0.1, 0.15) is 5.82 Å². The lowest BCUT2D eigenvalue weighted by atomic mass is 9.99. The minimum Gasteiger partial charge on any atom is -0.342 e. The maximum atomic E-state index is 12.1. The highest BCUT2D eigenvalue weighted by molar-refractivity contribution is 5.92. The van der Waals surface area contributed by atoms with Crippen molar-refractivity contribution in [1.29, 1.82) is 0 Å². The van der Waals surface area contributed by atoms with E-state index < -0.39 is 0 Å². The van der Waals surface area contributed by atoms with Crippen molar-refractivity contribution in [3.05, 3.63) is 51.6 Å². The quantitative estimate of drug-likeness (QED) is 0.634. The van der Waals surface area contributed by atoms with E-state index in [9.17, 15) is 4.79 Å². The summed E-state index contributed by atoms with van der Waals surface area (Å²) in [6.07, 6.45) is 0.981. The molecule has 4 rings (SSSR count). The third-order valence-corrected chi connectivity index (χ3v) is 4.62. The van der Waals surface area contributed by atoms with E-state index in [4.69, 9.17) is 0 Å². The van der Waals surface area contributed by atoms with Crippen molar-refractivity contribution >= 4 is 10.9 Å². The second-order valence-corrected chi connectivity index (χ2v) is 5.74. The Morgan fingerprint density at radius 3 is 2.71 bits per heavy atom. The Labute approximate surface area is 122 Å². The highest BCUT2D eigenvalue weighted by Crippen LogP contribution is 2.37. The normalized spacial score (nSPS) is 13.3. The van der Waals surface area contributed by atoms with Gasteiger partial charge in [0.05, 0.1) is 11.4 Å². The third-order valence-electron chi connectivity index (χ3n) is 4.62. The predicted molar refractivity (Wildman–Crippen MR) is 83.6 cm³/mol. The van der Waals surface area contributed by atoms with Crippen molar-refractivity contribution in [2.75, 3.05) is 0 Å². The van der Waals surface area contributed by atoms with Gasteiger partial charge in [-0.25, -0.2) is 0 Å². The van der Waals surface area contributed by atoms with E-state index in [1.54, 1.807) is 0 Å². The molecule has 0 radical (unpaired) electrons. The molecular formula is C17H17N3O. The number of nitrogens with zero attached hydrogens (tertiary/aromatic N) is 3. The largest absolute Gasteiger partial charge is 0.342 e. The molecule has 0 unspecified atom stereocenters. The summed E-state index contributed by atoms with van der Waals surface area (Å²) in [5.74, 6) is 0.802. The van der Waals surface area contributed by atoms with Crippen LogP contribution in [0.5, 0.6) is 0 Å². The Bertz CT molecular complexity index is 947. The highest BCUT2D eigenvalue weighted by atomic mass is 16.1. The Balaban J connectivity index is 2.21. The molecule has 0 N–H and O–H groups in total. The van der Waals surface area contributed by atoms with Crippen molar-refractivity contribution in [2.45, 2.75) is 26.8 Å². The minimum atomic E-state index is -0.114. The average Bonchev–Trinajstić information content (AvgIpc) is 2.78. The lowest BCUT2D eigenvalue weighted by Crippen LogP contribution is -2.25. The smallest absolute Gasteiger partial charge is 0.276 e. The van der Waals surface area contributed by atoms with Crippen LogP contribution in [0, 0.1) is 13.8 Å². The molecule has 0 atom stereocenters. The van der Waals surface area contributed by atoms with Crippen LogP contribution in [0.4, 0.5) is 0 Å². The second kappa shape index (κ2) is 4.07. The summed E-state index contributed by atoms with van der Waals surface area (Å²) < 4.78 is 4.39.